The van der Waals surface area contributed by atoms with E-state index in [4.69, 9.17) is 0 Å². The van der Waals surface area contributed by atoms with E-state index in [0.29, 0.717) is 6.04 Å². The van der Waals surface area contributed by atoms with E-state index in [1.807, 2.05) is 0 Å². The van der Waals surface area contributed by atoms with Crippen molar-refractivity contribution < 1.29 is 0 Å². The first kappa shape index (κ1) is 12.5. The molecule has 1 saturated heterocycles. The number of benzene rings is 1. The Balaban J connectivity index is 1.64. The van der Waals surface area contributed by atoms with E-state index in [-0.39, 0.29) is 0 Å². The average molecular weight is 257 g/mol. The summed E-state index contributed by atoms with van der Waals surface area (Å²) in [6.45, 7) is 2.31. The first-order chi connectivity index (χ1) is 9.34. The van der Waals surface area contributed by atoms with Gasteiger partial charge in [0.1, 0.15) is 0 Å². The summed E-state index contributed by atoms with van der Waals surface area (Å²) in [5.41, 5.74) is 2.53. The van der Waals surface area contributed by atoms with E-state index in [2.05, 4.69) is 52.7 Å². The third kappa shape index (κ3) is 2.76. The Hall–Kier alpha value is -1.48. The maximum Gasteiger partial charge on any atom is 0.0621 e. The highest BCUT2D eigenvalue weighted by molar-refractivity contribution is 5.92. The molecule has 2 N–H and O–H groups in total. The number of hydrogen-bond acceptors (Lipinski definition) is 2. The summed E-state index contributed by atoms with van der Waals surface area (Å²) < 4.78 is 0. The van der Waals surface area contributed by atoms with Crippen LogP contribution in [0, 0.1) is 0 Å². The number of rotatable bonds is 4. The number of nitrogens with zero attached hydrogens (tertiary/aromatic N) is 1. The van der Waals surface area contributed by atoms with E-state index in [1.165, 1.54) is 48.8 Å². The molecule has 1 aromatic carbocycles. The highest BCUT2D eigenvalue weighted by atomic mass is 15.1. The van der Waals surface area contributed by atoms with E-state index in [1.54, 1.807) is 0 Å². The molecule has 0 amide bonds. The number of nitrogens with one attached hydrogen (secondary N) is 2. The number of para-hydroxylation sites is 1. The zero-order chi connectivity index (χ0) is 13.1. The third-order valence-corrected chi connectivity index (χ3v) is 4.20. The lowest BCUT2D eigenvalue weighted by Gasteiger charge is -2.26. The first-order valence-corrected chi connectivity index (χ1v) is 7.35. The molecule has 1 atom stereocenters. The van der Waals surface area contributed by atoms with Gasteiger partial charge in [0.25, 0.3) is 0 Å². The van der Waals surface area contributed by atoms with Gasteiger partial charge in [-0.05, 0) is 31.9 Å². The molecule has 1 aromatic heterocycles. The molecule has 1 fully saturated rings. The van der Waals surface area contributed by atoms with Crippen LogP contribution in [-0.2, 0) is 0 Å². The van der Waals surface area contributed by atoms with Crippen LogP contribution in [0.1, 0.15) is 25.7 Å². The Kier molecular flexibility index (Phi) is 3.74. The lowest BCUT2D eigenvalue weighted by atomic mass is 10.0. The molecule has 0 bridgehead atoms. The average Bonchev–Trinajstić information content (AvgIpc) is 2.90. The van der Waals surface area contributed by atoms with Gasteiger partial charge in [0.2, 0.25) is 0 Å². The lowest BCUT2D eigenvalue weighted by molar-refractivity contribution is 0.384. The molecule has 1 unspecified atom stereocenters. The van der Waals surface area contributed by atoms with E-state index in [0.717, 1.165) is 6.54 Å². The fourth-order valence-electron chi connectivity index (χ4n) is 3.01. The van der Waals surface area contributed by atoms with Crippen LogP contribution in [0.3, 0.4) is 0 Å². The second-order valence-corrected chi connectivity index (χ2v) is 5.58. The van der Waals surface area contributed by atoms with Crippen molar-refractivity contribution in [3.63, 3.8) is 0 Å². The molecule has 2 aromatic rings. The second kappa shape index (κ2) is 5.66. The molecular weight excluding hydrogens is 234 g/mol. The van der Waals surface area contributed by atoms with Crippen molar-refractivity contribution in [2.24, 2.45) is 0 Å². The molecule has 0 aliphatic carbocycles. The number of fused-ring (bicyclic) bond motifs is 1. The van der Waals surface area contributed by atoms with Gasteiger partial charge in [-0.1, -0.05) is 24.6 Å². The summed E-state index contributed by atoms with van der Waals surface area (Å²) in [6, 6.07) is 9.22. The second-order valence-electron chi connectivity index (χ2n) is 5.58. The molecule has 102 valence electrons. The zero-order valence-corrected chi connectivity index (χ0v) is 11.7. The van der Waals surface area contributed by atoms with Crippen molar-refractivity contribution in [3.05, 3.63) is 30.5 Å². The molecule has 0 saturated carbocycles. The number of aromatic amines is 1. The van der Waals surface area contributed by atoms with Crippen LogP contribution in [0.15, 0.2) is 30.5 Å². The minimum absolute atomic E-state index is 0.710. The fourth-order valence-corrected chi connectivity index (χ4v) is 3.01. The van der Waals surface area contributed by atoms with Crippen LogP contribution in [-0.4, -0.2) is 31.2 Å². The third-order valence-electron chi connectivity index (χ3n) is 4.20. The number of hydrogen-bond donors (Lipinski definition) is 2. The molecule has 3 heteroatoms. The predicted molar refractivity (Wildman–Crippen MR) is 81.8 cm³/mol. The minimum Gasteiger partial charge on any atom is -0.373 e. The number of aromatic nitrogens is 1. The van der Waals surface area contributed by atoms with Gasteiger partial charge in [-0.25, -0.2) is 0 Å². The van der Waals surface area contributed by atoms with E-state index < -0.39 is 0 Å². The van der Waals surface area contributed by atoms with Crippen LogP contribution in [0.5, 0.6) is 0 Å². The Labute approximate surface area is 115 Å². The first-order valence-electron chi connectivity index (χ1n) is 7.35. The summed E-state index contributed by atoms with van der Waals surface area (Å²) >= 11 is 0. The highest BCUT2D eigenvalue weighted by Gasteiger charge is 2.14. The Morgan fingerprint density at radius 2 is 2.16 bits per heavy atom. The monoisotopic (exact) mass is 257 g/mol. The largest absolute Gasteiger partial charge is 0.373 e. The summed E-state index contributed by atoms with van der Waals surface area (Å²) in [4.78, 5) is 5.72. The number of piperidine rings is 1. The zero-order valence-electron chi connectivity index (χ0n) is 11.7. The molecule has 0 radical (unpaired) electrons. The summed E-state index contributed by atoms with van der Waals surface area (Å²) in [7, 11) is 2.19. The van der Waals surface area contributed by atoms with Crippen molar-refractivity contribution in [1.82, 2.24) is 10.3 Å². The van der Waals surface area contributed by atoms with Gasteiger partial charge in [0.05, 0.1) is 5.69 Å². The lowest BCUT2D eigenvalue weighted by Crippen LogP contribution is -2.36. The van der Waals surface area contributed by atoms with Crippen LogP contribution in [0.2, 0.25) is 0 Å². The smallest absolute Gasteiger partial charge is 0.0621 e. The van der Waals surface area contributed by atoms with E-state index in [9.17, 15) is 0 Å². The highest BCUT2D eigenvalue weighted by Crippen LogP contribution is 2.25. The van der Waals surface area contributed by atoms with Crippen molar-refractivity contribution in [2.75, 3.05) is 25.0 Å². The van der Waals surface area contributed by atoms with Crippen molar-refractivity contribution >= 4 is 16.6 Å². The van der Waals surface area contributed by atoms with Gasteiger partial charge < -0.3 is 15.2 Å². The van der Waals surface area contributed by atoms with Crippen molar-refractivity contribution in [3.8, 4) is 0 Å². The fraction of sp³-hybridized carbons (Fsp3) is 0.500. The molecule has 1 aliphatic rings. The van der Waals surface area contributed by atoms with Gasteiger partial charge in [-0.2, -0.15) is 0 Å². The van der Waals surface area contributed by atoms with Gasteiger partial charge in [0, 0.05) is 36.7 Å². The maximum absolute atomic E-state index is 3.62. The van der Waals surface area contributed by atoms with Crippen LogP contribution < -0.4 is 10.2 Å². The minimum atomic E-state index is 0.710. The van der Waals surface area contributed by atoms with Crippen molar-refractivity contribution in [1.29, 1.82) is 0 Å². The van der Waals surface area contributed by atoms with E-state index >= 15 is 0 Å². The quantitative estimate of drug-likeness (QED) is 0.881. The molecule has 0 spiro atoms. The topological polar surface area (TPSA) is 31.1 Å². The van der Waals surface area contributed by atoms with Gasteiger partial charge >= 0.3 is 0 Å². The summed E-state index contributed by atoms with van der Waals surface area (Å²) in [5, 5.41) is 4.94. The Morgan fingerprint density at radius 1 is 1.26 bits per heavy atom. The van der Waals surface area contributed by atoms with Gasteiger partial charge in [-0.3, -0.25) is 0 Å². The molecule has 3 rings (SSSR count). The van der Waals surface area contributed by atoms with Crippen LogP contribution >= 0.6 is 0 Å². The van der Waals surface area contributed by atoms with Crippen molar-refractivity contribution in [2.45, 2.75) is 31.7 Å². The number of anilines is 1. The van der Waals surface area contributed by atoms with Crippen LogP contribution in [0.4, 0.5) is 5.69 Å². The normalized spacial score (nSPS) is 19.7. The molecule has 2 heterocycles. The van der Waals surface area contributed by atoms with Crippen LogP contribution in [0.25, 0.3) is 10.9 Å². The predicted octanol–water partition coefficient (Wildman–Crippen LogP) is 3.14. The molecule has 19 heavy (non-hydrogen) atoms. The van der Waals surface area contributed by atoms with Gasteiger partial charge in [-0.15, -0.1) is 0 Å². The molecular formula is C16H23N3. The van der Waals surface area contributed by atoms with Gasteiger partial charge in [0.15, 0.2) is 0 Å². The Bertz CT molecular complexity index is 526. The summed E-state index contributed by atoms with van der Waals surface area (Å²) in [6.07, 6.45) is 7.42. The summed E-state index contributed by atoms with van der Waals surface area (Å²) in [5.74, 6) is 0. The SMILES string of the molecule is CN(CCC1CCCCN1)c1c[nH]c2ccccc12. The standard InChI is InChI=1S/C16H23N3/c1-19(11-9-13-6-4-5-10-17-13)16-12-18-15-8-3-2-7-14(15)16/h2-3,7-8,12-13,17-18H,4-6,9-11H2,1H3. The maximum atomic E-state index is 3.62. The molecule has 1 aliphatic heterocycles. The molecule has 3 nitrogen and oxygen atoms in total. The Morgan fingerprint density at radius 3 is 3.00 bits per heavy atom. The number of H-pyrrole nitrogens is 1.